The lowest BCUT2D eigenvalue weighted by Gasteiger charge is -2.02. The molecule has 138 valence electrons. The molecular weight excluding hydrogens is 383 g/mol. The number of aryl methyl sites for hydroxylation is 1. The largest absolute Gasteiger partial charge is 0.266 e. The predicted octanol–water partition coefficient (Wildman–Crippen LogP) is 3.82. The van der Waals surface area contributed by atoms with Crippen LogP contribution < -0.4 is 0 Å². The van der Waals surface area contributed by atoms with Gasteiger partial charge in [-0.3, -0.25) is 9.67 Å². The van der Waals surface area contributed by atoms with Crippen LogP contribution in [0.5, 0.6) is 0 Å². The van der Waals surface area contributed by atoms with Gasteiger partial charge >= 0.3 is 0 Å². The fraction of sp³-hybridized carbons (Fsp3) is 0.278. The van der Waals surface area contributed by atoms with Gasteiger partial charge in [-0.05, 0) is 32.0 Å². The maximum absolute atomic E-state index is 13.7. The number of hydrogen-bond acceptors (Lipinski definition) is 7. The van der Waals surface area contributed by atoms with Gasteiger partial charge in [0.25, 0.3) is 0 Å². The summed E-state index contributed by atoms with van der Waals surface area (Å²) in [6.07, 6.45) is 4.00. The molecule has 0 spiro atoms. The van der Waals surface area contributed by atoms with Crippen LogP contribution in [0.3, 0.4) is 0 Å². The first-order chi connectivity index (χ1) is 13.1. The summed E-state index contributed by atoms with van der Waals surface area (Å²) in [5.41, 5.74) is 2.27. The number of hydrogen-bond donors (Lipinski definition) is 0. The van der Waals surface area contributed by atoms with E-state index in [9.17, 15) is 4.39 Å². The van der Waals surface area contributed by atoms with E-state index >= 15 is 0 Å². The van der Waals surface area contributed by atoms with Crippen LogP contribution in [0.4, 0.5) is 4.39 Å². The summed E-state index contributed by atoms with van der Waals surface area (Å²) in [6.45, 7) is 4.39. The van der Waals surface area contributed by atoms with Crippen molar-refractivity contribution in [1.82, 2.24) is 29.9 Å². The van der Waals surface area contributed by atoms with Crippen LogP contribution in [0.15, 0.2) is 36.0 Å². The van der Waals surface area contributed by atoms with Gasteiger partial charge in [0.05, 0.1) is 23.9 Å². The Hall–Kier alpha value is -2.52. The van der Waals surface area contributed by atoms with Gasteiger partial charge in [0.1, 0.15) is 20.8 Å². The molecule has 0 saturated heterocycles. The van der Waals surface area contributed by atoms with Gasteiger partial charge in [-0.1, -0.05) is 0 Å². The topological polar surface area (TPSA) is 69.4 Å². The highest BCUT2D eigenvalue weighted by Crippen LogP contribution is 2.29. The van der Waals surface area contributed by atoms with Gasteiger partial charge in [0, 0.05) is 29.9 Å². The van der Waals surface area contributed by atoms with Gasteiger partial charge in [-0.15, -0.1) is 32.9 Å². The lowest BCUT2D eigenvalue weighted by molar-refractivity contribution is 0.569. The minimum Gasteiger partial charge on any atom is -0.266 e. The van der Waals surface area contributed by atoms with Crippen molar-refractivity contribution in [2.24, 2.45) is 0 Å². The van der Waals surface area contributed by atoms with E-state index in [-0.39, 0.29) is 11.7 Å². The molecule has 1 atom stereocenters. The molecule has 0 saturated carbocycles. The van der Waals surface area contributed by atoms with Crippen LogP contribution in [0.1, 0.15) is 44.9 Å². The number of halogens is 1. The highest BCUT2D eigenvalue weighted by Gasteiger charge is 2.17. The molecule has 0 fully saturated rings. The Balaban J connectivity index is 1.44. The maximum atomic E-state index is 13.7. The Kier molecular flexibility index (Phi) is 5.04. The quantitative estimate of drug-likeness (QED) is 0.492. The zero-order valence-corrected chi connectivity index (χ0v) is 16.5. The van der Waals surface area contributed by atoms with Crippen molar-refractivity contribution >= 4 is 22.7 Å². The monoisotopic (exact) mass is 400 g/mol. The average molecular weight is 401 g/mol. The molecular formula is C18H17FN6S2. The molecule has 9 heteroatoms. The Labute approximate surface area is 163 Å². The highest BCUT2D eigenvalue weighted by molar-refractivity contribution is 7.12. The number of aromatic nitrogens is 6. The third kappa shape index (κ3) is 4.09. The molecule has 4 heterocycles. The molecule has 1 unspecified atom stereocenters. The number of rotatable bonds is 6. The fourth-order valence-corrected chi connectivity index (χ4v) is 4.46. The molecule has 4 aromatic heterocycles. The molecule has 27 heavy (non-hydrogen) atoms. The zero-order valence-electron chi connectivity index (χ0n) is 14.8. The van der Waals surface area contributed by atoms with Crippen LogP contribution in [-0.4, -0.2) is 29.9 Å². The molecule has 4 rings (SSSR count). The van der Waals surface area contributed by atoms with Crippen molar-refractivity contribution in [3.63, 3.8) is 0 Å². The van der Waals surface area contributed by atoms with E-state index in [1.54, 1.807) is 39.6 Å². The third-order valence-electron chi connectivity index (χ3n) is 4.03. The standard InChI is InChI=1S/C18H17FN6S2/c1-11-10-26-17(21-11)12(2)18-23-22-16(27-18)8-13-5-7-25(24-13)9-15-14(19)4-3-6-20-15/h3-7,10,12H,8-9H2,1-2H3. The number of pyridine rings is 1. The first kappa shape index (κ1) is 17.9. The second-order valence-electron chi connectivity index (χ2n) is 6.20. The Morgan fingerprint density at radius 2 is 2.11 bits per heavy atom. The van der Waals surface area contributed by atoms with Crippen molar-refractivity contribution < 1.29 is 4.39 Å². The van der Waals surface area contributed by atoms with Gasteiger partial charge in [0.2, 0.25) is 0 Å². The number of nitrogens with zero attached hydrogens (tertiary/aromatic N) is 6. The van der Waals surface area contributed by atoms with Crippen LogP contribution in [-0.2, 0) is 13.0 Å². The molecule has 6 nitrogen and oxygen atoms in total. The van der Waals surface area contributed by atoms with Crippen LogP contribution >= 0.6 is 22.7 Å². The molecule has 0 aromatic carbocycles. The molecule has 4 aromatic rings. The van der Waals surface area contributed by atoms with E-state index in [0.29, 0.717) is 18.7 Å². The van der Waals surface area contributed by atoms with Gasteiger partial charge in [0.15, 0.2) is 0 Å². The molecule has 0 aliphatic heterocycles. The summed E-state index contributed by atoms with van der Waals surface area (Å²) >= 11 is 3.23. The van der Waals surface area contributed by atoms with Crippen molar-refractivity contribution in [2.75, 3.05) is 0 Å². The molecule has 0 N–H and O–H groups in total. The Bertz CT molecular complexity index is 1050. The van der Waals surface area contributed by atoms with E-state index in [1.807, 2.05) is 24.6 Å². The van der Waals surface area contributed by atoms with Gasteiger partial charge in [-0.25, -0.2) is 9.37 Å². The SMILES string of the molecule is Cc1csc(C(C)c2nnc(Cc3ccn(Cc4ncccc4F)n3)s2)n1. The third-order valence-corrected chi connectivity index (χ3v) is 6.29. The molecule has 0 radical (unpaired) electrons. The van der Waals surface area contributed by atoms with Crippen LogP contribution in [0.25, 0.3) is 0 Å². The normalized spacial score (nSPS) is 12.4. The maximum Gasteiger partial charge on any atom is 0.146 e. The van der Waals surface area contributed by atoms with E-state index < -0.39 is 0 Å². The van der Waals surface area contributed by atoms with Crippen molar-refractivity contribution in [2.45, 2.75) is 32.7 Å². The van der Waals surface area contributed by atoms with E-state index in [2.05, 4.69) is 32.2 Å². The molecule has 0 aliphatic carbocycles. The van der Waals surface area contributed by atoms with E-state index in [4.69, 9.17) is 0 Å². The summed E-state index contributed by atoms with van der Waals surface area (Å²) in [4.78, 5) is 8.59. The van der Waals surface area contributed by atoms with E-state index in [1.165, 1.54) is 6.07 Å². The Morgan fingerprint density at radius 1 is 1.22 bits per heavy atom. The lowest BCUT2D eigenvalue weighted by atomic mass is 10.2. The van der Waals surface area contributed by atoms with Crippen molar-refractivity contribution in [1.29, 1.82) is 0 Å². The summed E-state index contributed by atoms with van der Waals surface area (Å²) in [5.74, 6) is -0.186. The minimum absolute atomic E-state index is 0.139. The van der Waals surface area contributed by atoms with Crippen molar-refractivity contribution in [3.8, 4) is 0 Å². The second-order valence-corrected chi connectivity index (χ2v) is 8.18. The van der Waals surface area contributed by atoms with Crippen LogP contribution in [0, 0.1) is 12.7 Å². The summed E-state index contributed by atoms with van der Waals surface area (Å²) in [5, 5.41) is 18.1. The second kappa shape index (κ2) is 7.61. The first-order valence-electron chi connectivity index (χ1n) is 8.44. The summed E-state index contributed by atoms with van der Waals surface area (Å²) in [6, 6.07) is 4.89. The molecule has 0 aliphatic rings. The van der Waals surface area contributed by atoms with E-state index in [0.717, 1.165) is 26.4 Å². The highest BCUT2D eigenvalue weighted by atomic mass is 32.1. The smallest absolute Gasteiger partial charge is 0.146 e. The first-order valence-corrected chi connectivity index (χ1v) is 10.1. The predicted molar refractivity (Wildman–Crippen MR) is 103 cm³/mol. The van der Waals surface area contributed by atoms with Gasteiger partial charge < -0.3 is 0 Å². The number of thiazole rings is 1. The van der Waals surface area contributed by atoms with Gasteiger partial charge in [-0.2, -0.15) is 5.10 Å². The van der Waals surface area contributed by atoms with Crippen LogP contribution in [0.2, 0.25) is 0 Å². The summed E-state index contributed by atoms with van der Waals surface area (Å²) in [7, 11) is 0. The fourth-order valence-electron chi connectivity index (χ4n) is 2.62. The summed E-state index contributed by atoms with van der Waals surface area (Å²) < 4.78 is 15.4. The lowest BCUT2D eigenvalue weighted by Crippen LogP contribution is -2.05. The average Bonchev–Trinajstić information content (AvgIpc) is 3.39. The molecule has 0 amide bonds. The van der Waals surface area contributed by atoms with Crippen molar-refractivity contribution in [3.05, 3.63) is 73.9 Å². The zero-order chi connectivity index (χ0) is 18.8. The Morgan fingerprint density at radius 3 is 2.89 bits per heavy atom. The molecule has 0 bridgehead atoms. The minimum atomic E-state index is -0.324.